The average Bonchev–Trinajstić information content (AvgIpc) is 2.34. The van der Waals surface area contributed by atoms with Crippen LogP contribution in [0, 0.1) is 0 Å². The quantitative estimate of drug-likeness (QED) is 0.474. The van der Waals surface area contributed by atoms with Crippen LogP contribution in [0.25, 0.3) is 0 Å². The highest BCUT2D eigenvalue weighted by molar-refractivity contribution is 6.35. The maximum absolute atomic E-state index is 12.5. The zero-order chi connectivity index (χ0) is 17.0. The number of carbonyl (C=O) groups is 2. The number of amides is 2. The Morgan fingerprint density at radius 3 is 2.27 bits per heavy atom. The lowest BCUT2D eigenvalue weighted by molar-refractivity contribution is -0.159. The van der Waals surface area contributed by atoms with Gasteiger partial charge in [0.15, 0.2) is 0 Å². The summed E-state index contributed by atoms with van der Waals surface area (Å²) in [7, 11) is 0. The Hall–Kier alpha value is -1.18. The molecular weight excluding hydrogens is 286 g/mol. The van der Waals surface area contributed by atoms with Gasteiger partial charge in [-0.25, -0.2) is 0 Å². The van der Waals surface area contributed by atoms with E-state index in [1.54, 1.807) is 4.90 Å². The summed E-state index contributed by atoms with van der Waals surface area (Å²) < 4.78 is 5.05. The molecule has 7 nitrogen and oxygen atoms in total. The number of hydrogen-bond donors (Lipinski definition) is 3. The summed E-state index contributed by atoms with van der Waals surface area (Å²) in [5, 5.41) is 11.1. The van der Waals surface area contributed by atoms with Crippen LogP contribution >= 0.6 is 0 Å². The fourth-order valence-corrected chi connectivity index (χ4v) is 3.49. The Bertz CT molecular complexity index is 392. The van der Waals surface area contributed by atoms with Crippen molar-refractivity contribution in [3.63, 3.8) is 0 Å². The third kappa shape index (κ3) is 4.66. The first-order chi connectivity index (χ1) is 10.1. The van der Waals surface area contributed by atoms with Gasteiger partial charge in [-0.3, -0.25) is 9.59 Å². The SMILES string of the molecule is CC1(C)CC(N)CC(C)(C)N1C(=O)C(=O)NCCOCCO. The number of rotatable bonds is 5. The smallest absolute Gasteiger partial charge is 0.312 e. The van der Waals surface area contributed by atoms with Gasteiger partial charge in [-0.05, 0) is 40.5 Å². The van der Waals surface area contributed by atoms with Gasteiger partial charge in [0.25, 0.3) is 0 Å². The van der Waals surface area contributed by atoms with E-state index in [1.807, 2.05) is 27.7 Å². The molecule has 0 saturated carbocycles. The third-order valence-electron chi connectivity index (χ3n) is 3.90. The highest BCUT2D eigenvalue weighted by atomic mass is 16.5. The number of ether oxygens (including phenoxy) is 1. The van der Waals surface area contributed by atoms with Gasteiger partial charge in [0.05, 0.1) is 19.8 Å². The van der Waals surface area contributed by atoms with Gasteiger partial charge < -0.3 is 25.8 Å². The molecule has 0 aromatic rings. The molecule has 22 heavy (non-hydrogen) atoms. The van der Waals surface area contributed by atoms with Crippen LogP contribution in [0.5, 0.6) is 0 Å². The lowest BCUT2D eigenvalue weighted by Crippen LogP contribution is -2.67. The van der Waals surface area contributed by atoms with Crippen LogP contribution < -0.4 is 11.1 Å². The second-order valence-electron chi connectivity index (χ2n) is 7.03. The predicted molar refractivity (Wildman–Crippen MR) is 83.1 cm³/mol. The van der Waals surface area contributed by atoms with E-state index in [4.69, 9.17) is 15.6 Å². The Kier molecular flexibility index (Phi) is 6.34. The molecule has 0 spiro atoms. The molecule has 0 unspecified atom stereocenters. The van der Waals surface area contributed by atoms with E-state index < -0.39 is 22.9 Å². The van der Waals surface area contributed by atoms with Crippen molar-refractivity contribution in [2.24, 2.45) is 5.73 Å². The molecule has 1 aliphatic heterocycles. The van der Waals surface area contributed by atoms with Crippen LogP contribution in [-0.4, -0.2) is 65.3 Å². The minimum Gasteiger partial charge on any atom is -0.394 e. The first-order valence-electron chi connectivity index (χ1n) is 7.68. The number of likely N-dealkylation sites (tertiary alicyclic amines) is 1. The largest absolute Gasteiger partial charge is 0.394 e. The topological polar surface area (TPSA) is 105 Å². The molecule has 7 heteroatoms. The summed E-state index contributed by atoms with van der Waals surface area (Å²) >= 11 is 0. The number of nitrogens with zero attached hydrogens (tertiary/aromatic N) is 1. The van der Waals surface area contributed by atoms with Crippen LogP contribution in [0.4, 0.5) is 0 Å². The second kappa shape index (κ2) is 7.39. The fourth-order valence-electron chi connectivity index (χ4n) is 3.49. The van der Waals surface area contributed by atoms with E-state index in [2.05, 4.69) is 5.32 Å². The molecule has 1 aliphatic rings. The number of piperidine rings is 1. The van der Waals surface area contributed by atoms with Crippen molar-refractivity contribution in [2.45, 2.75) is 57.7 Å². The lowest BCUT2D eigenvalue weighted by Gasteiger charge is -2.54. The average molecular weight is 315 g/mol. The first kappa shape index (κ1) is 18.9. The molecule has 4 N–H and O–H groups in total. The maximum Gasteiger partial charge on any atom is 0.312 e. The van der Waals surface area contributed by atoms with Gasteiger partial charge in [0.1, 0.15) is 0 Å². The van der Waals surface area contributed by atoms with Crippen LogP contribution in [0.1, 0.15) is 40.5 Å². The van der Waals surface area contributed by atoms with Gasteiger partial charge >= 0.3 is 11.8 Å². The zero-order valence-corrected chi connectivity index (χ0v) is 14.0. The van der Waals surface area contributed by atoms with Crippen molar-refractivity contribution < 1.29 is 19.4 Å². The number of aliphatic hydroxyl groups is 1. The summed E-state index contributed by atoms with van der Waals surface area (Å²) in [4.78, 5) is 26.3. The fraction of sp³-hybridized carbons (Fsp3) is 0.867. The summed E-state index contributed by atoms with van der Waals surface area (Å²) in [6.07, 6.45) is 1.32. The number of nitrogens with two attached hydrogens (primary N) is 1. The van der Waals surface area contributed by atoms with Crippen molar-refractivity contribution in [2.75, 3.05) is 26.4 Å². The summed E-state index contributed by atoms with van der Waals surface area (Å²) in [6, 6.07) is 0.0176. The molecule has 0 bridgehead atoms. The summed E-state index contributed by atoms with van der Waals surface area (Å²) in [6.45, 7) is 8.38. The van der Waals surface area contributed by atoms with Crippen LogP contribution in [0.2, 0.25) is 0 Å². The van der Waals surface area contributed by atoms with E-state index in [0.29, 0.717) is 12.8 Å². The Morgan fingerprint density at radius 1 is 1.23 bits per heavy atom. The Balaban J connectivity index is 2.67. The molecule has 1 heterocycles. The standard InChI is InChI=1S/C15H29N3O4/c1-14(2)9-11(16)10-15(3,4)18(14)13(21)12(20)17-5-7-22-8-6-19/h11,19H,5-10,16H2,1-4H3,(H,17,20). The number of aliphatic hydroxyl groups excluding tert-OH is 1. The molecule has 0 radical (unpaired) electrons. The molecular formula is C15H29N3O4. The van der Waals surface area contributed by atoms with Crippen molar-refractivity contribution in [3.05, 3.63) is 0 Å². The molecule has 0 aliphatic carbocycles. The van der Waals surface area contributed by atoms with Crippen molar-refractivity contribution >= 4 is 11.8 Å². The van der Waals surface area contributed by atoms with Gasteiger partial charge in [0, 0.05) is 23.7 Å². The number of nitrogens with one attached hydrogen (secondary N) is 1. The highest BCUT2D eigenvalue weighted by Crippen LogP contribution is 2.37. The molecule has 128 valence electrons. The normalized spacial score (nSPS) is 20.7. The summed E-state index contributed by atoms with van der Waals surface area (Å²) in [5.41, 5.74) is 5.14. The molecule has 2 amide bonds. The molecule has 1 rings (SSSR count). The predicted octanol–water partition coefficient (Wildman–Crippen LogP) is -0.382. The molecule has 0 aromatic heterocycles. The van der Waals surface area contributed by atoms with Gasteiger partial charge in [-0.2, -0.15) is 0 Å². The van der Waals surface area contributed by atoms with Crippen molar-refractivity contribution in [1.82, 2.24) is 10.2 Å². The van der Waals surface area contributed by atoms with Crippen LogP contribution in [-0.2, 0) is 14.3 Å². The second-order valence-corrected chi connectivity index (χ2v) is 7.03. The number of hydrogen-bond acceptors (Lipinski definition) is 5. The first-order valence-corrected chi connectivity index (χ1v) is 7.68. The van der Waals surface area contributed by atoms with Crippen LogP contribution in [0.3, 0.4) is 0 Å². The van der Waals surface area contributed by atoms with E-state index >= 15 is 0 Å². The van der Waals surface area contributed by atoms with Gasteiger partial charge in [0.2, 0.25) is 0 Å². The minimum atomic E-state index is -0.635. The van der Waals surface area contributed by atoms with E-state index in [0.717, 1.165) is 0 Å². The third-order valence-corrected chi connectivity index (χ3v) is 3.90. The minimum absolute atomic E-state index is 0.0176. The van der Waals surface area contributed by atoms with Crippen LogP contribution in [0.15, 0.2) is 0 Å². The monoisotopic (exact) mass is 315 g/mol. The lowest BCUT2D eigenvalue weighted by atomic mass is 9.77. The van der Waals surface area contributed by atoms with Crippen molar-refractivity contribution in [1.29, 1.82) is 0 Å². The van der Waals surface area contributed by atoms with Gasteiger partial charge in [-0.15, -0.1) is 0 Å². The Labute approximate surface area is 132 Å². The molecule has 1 fully saturated rings. The molecule has 1 saturated heterocycles. The maximum atomic E-state index is 12.5. The molecule has 0 atom stereocenters. The number of carbonyl (C=O) groups excluding carboxylic acids is 2. The molecule has 0 aromatic carbocycles. The van der Waals surface area contributed by atoms with E-state index in [9.17, 15) is 9.59 Å². The van der Waals surface area contributed by atoms with Crippen molar-refractivity contribution in [3.8, 4) is 0 Å². The van der Waals surface area contributed by atoms with E-state index in [1.165, 1.54) is 0 Å². The van der Waals surface area contributed by atoms with Gasteiger partial charge in [-0.1, -0.05) is 0 Å². The summed E-state index contributed by atoms with van der Waals surface area (Å²) in [5.74, 6) is -1.17. The highest BCUT2D eigenvalue weighted by Gasteiger charge is 2.48. The van der Waals surface area contributed by atoms with E-state index in [-0.39, 0.29) is 32.4 Å². The zero-order valence-electron chi connectivity index (χ0n) is 14.0. The Morgan fingerprint density at radius 2 is 1.77 bits per heavy atom.